The van der Waals surface area contributed by atoms with Crippen molar-refractivity contribution in [3.05, 3.63) is 95.4 Å². The molecule has 3 aromatic carbocycles. The van der Waals surface area contributed by atoms with Crippen molar-refractivity contribution >= 4 is 16.7 Å². The molecule has 1 aromatic heterocycles. The Morgan fingerprint density at radius 2 is 1.71 bits per heavy atom. The number of nitrogens with zero attached hydrogens (tertiary/aromatic N) is 1. The van der Waals surface area contributed by atoms with Crippen LogP contribution < -0.4 is 4.74 Å². The van der Waals surface area contributed by atoms with Crippen molar-refractivity contribution in [2.24, 2.45) is 5.92 Å². The average molecular weight is 510 g/mol. The topological polar surface area (TPSA) is 31.2 Å². The fourth-order valence-electron chi connectivity index (χ4n) is 6.96. The molecular formula is C34H36FNO2. The predicted octanol–water partition coefficient (Wildman–Crippen LogP) is 8.09. The van der Waals surface area contributed by atoms with Crippen LogP contribution in [-0.4, -0.2) is 17.0 Å². The van der Waals surface area contributed by atoms with Gasteiger partial charge in [0, 0.05) is 28.6 Å². The zero-order chi connectivity index (χ0) is 26.5. The third-order valence-electron chi connectivity index (χ3n) is 8.84. The van der Waals surface area contributed by atoms with Gasteiger partial charge in [-0.1, -0.05) is 49.7 Å². The van der Waals surface area contributed by atoms with Gasteiger partial charge in [-0.3, -0.25) is 4.79 Å². The largest absolute Gasteiger partial charge is 0.493 e. The minimum Gasteiger partial charge on any atom is -0.493 e. The number of carbonyl (C=O) groups is 1. The van der Waals surface area contributed by atoms with Gasteiger partial charge in [-0.2, -0.15) is 0 Å². The van der Waals surface area contributed by atoms with E-state index in [1.165, 1.54) is 23.3 Å². The molecule has 38 heavy (non-hydrogen) atoms. The summed E-state index contributed by atoms with van der Waals surface area (Å²) in [5, 5.41) is 1.13. The minimum absolute atomic E-state index is 0.199. The van der Waals surface area contributed by atoms with E-state index in [4.69, 9.17) is 4.74 Å². The second-order valence-corrected chi connectivity index (χ2v) is 11.9. The lowest BCUT2D eigenvalue weighted by Crippen LogP contribution is -2.52. The molecule has 0 radical (unpaired) electrons. The summed E-state index contributed by atoms with van der Waals surface area (Å²) in [5.74, 6) is 1.45. The van der Waals surface area contributed by atoms with E-state index in [2.05, 4.69) is 67.8 Å². The van der Waals surface area contributed by atoms with Gasteiger partial charge in [0.1, 0.15) is 17.3 Å². The fourth-order valence-corrected chi connectivity index (χ4v) is 6.96. The number of ketones is 1. The number of hydrogen-bond donors (Lipinski definition) is 0. The van der Waals surface area contributed by atoms with E-state index in [1.807, 2.05) is 18.2 Å². The molecule has 0 atom stereocenters. The summed E-state index contributed by atoms with van der Waals surface area (Å²) in [4.78, 5) is 13.9. The molecule has 1 saturated carbocycles. The highest BCUT2D eigenvalue weighted by Gasteiger charge is 2.57. The van der Waals surface area contributed by atoms with Crippen LogP contribution >= 0.6 is 0 Å². The lowest BCUT2D eigenvalue weighted by atomic mass is 9.50. The zero-order valence-corrected chi connectivity index (χ0v) is 22.6. The van der Waals surface area contributed by atoms with E-state index in [1.54, 1.807) is 0 Å². The van der Waals surface area contributed by atoms with Gasteiger partial charge in [-0.25, -0.2) is 4.39 Å². The summed E-state index contributed by atoms with van der Waals surface area (Å²) in [5.41, 5.74) is 4.71. The molecule has 3 nitrogen and oxygen atoms in total. The first-order valence-corrected chi connectivity index (χ1v) is 14.0. The number of halogens is 1. The highest BCUT2D eigenvalue weighted by molar-refractivity contribution is 6.01. The number of carbonyl (C=O) groups excluding carboxylic acids is 1. The van der Waals surface area contributed by atoms with E-state index in [9.17, 15) is 9.18 Å². The number of benzene rings is 3. The van der Waals surface area contributed by atoms with E-state index in [0.717, 1.165) is 60.1 Å². The molecule has 196 valence electrons. The normalized spacial score (nSPS) is 21.9. The number of hydrogen-bond acceptors (Lipinski definition) is 2. The van der Waals surface area contributed by atoms with Crippen molar-refractivity contribution in [2.45, 2.75) is 70.1 Å². The van der Waals surface area contributed by atoms with Crippen molar-refractivity contribution < 1.29 is 13.9 Å². The SMILES string of the molecule is CCCCOc1cccc2c1c1c(n2-c2ccc(F)cc2)C(C)(C)C(=O)CC12CC(Cc1ccccc1)C2. The van der Waals surface area contributed by atoms with E-state index < -0.39 is 5.41 Å². The number of unbranched alkanes of at least 4 members (excludes halogenated alkanes) is 1. The van der Waals surface area contributed by atoms with E-state index >= 15 is 0 Å². The number of aromatic nitrogens is 1. The van der Waals surface area contributed by atoms with Crippen LogP contribution in [0.1, 0.15) is 69.7 Å². The van der Waals surface area contributed by atoms with Gasteiger partial charge in [0.15, 0.2) is 0 Å². The predicted molar refractivity (Wildman–Crippen MR) is 151 cm³/mol. The Kier molecular flexibility index (Phi) is 6.17. The van der Waals surface area contributed by atoms with Crippen LogP contribution in [0, 0.1) is 11.7 Å². The van der Waals surface area contributed by atoms with Crippen LogP contribution in [-0.2, 0) is 22.0 Å². The molecule has 4 heteroatoms. The maximum Gasteiger partial charge on any atom is 0.145 e. The summed E-state index contributed by atoms with van der Waals surface area (Å²) in [7, 11) is 0. The Balaban J connectivity index is 1.55. The molecule has 1 fully saturated rings. The fraction of sp³-hybridized carbons (Fsp3) is 0.382. The van der Waals surface area contributed by atoms with Crippen molar-refractivity contribution in [1.29, 1.82) is 0 Å². The first-order valence-electron chi connectivity index (χ1n) is 14.0. The molecule has 0 saturated heterocycles. The van der Waals surface area contributed by atoms with Gasteiger partial charge >= 0.3 is 0 Å². The number of rotatable bonds is 7. The highest BCUT2D eigenvalue weighted by atomic mass is 19.1. The molecule has 2 aliphatic rings. The molecule has 0 unspecified atom stereocenters. The molecule has 2 aliphatic carbocycles. The van der Waals surface area contributed by atoms with Gasteiger partial charge in [0.05, 0.1) is 17.5 Å². The number of fused-ring (bicyclic) bond motifs is 4. The number of ether oxygens (including phenoxy) is 1. The van der Waals surface area contributed by atoms with Crippen molar-refractivity contribution in [3.8, 4) is 11.4 Å². The van der Waals surface area contributed by atoms with Crippen LogP contribution in [0.5, 0.6) is 5.75 Å². The molecule has 0 amide bonds. The van der Waals surface area contributed by atoms with Gasteiger partial charge in [-0.15, -0.1) is 0 Å². The summed E-state index contributed by atoms with van der Waals surface area (Å²) in [6, 6.07) is 23.5. The molecule has 0 aliphatic heterocycles. The average Bonchev–Trinajstić information content (AvgIpc) is 3.25. The van der Waals surface area contributed by atoms with Crippen LogP contribution in [0.25, 0.3) is 16.6 Å². The van der Waals surface area contributed by atoms with Crippen LogP contribution in [0.15, 0.2) is 72.8 Å². The minimum atomic E-state index is -0.667. The second kappa shape index (κ2) is 9.41. The molecule has 0 bridgehead atoms. The Hall–Kier alpha value is -3.40. The monoisotopic (exact) mass is 509 g/mol. The zero-order valence-electron chi connectivity index (χ0n) is 22.6. The summed E-state index contributed by atoms with van der Waals surface area (Å²) >= 11 is 0. The Morgan fingerprint density at radius 1 is 0.974 bits per heavy atom. The van der Waals surface area contributed by atoms with Gasteiger partial charge in [0.25, 0.3) is 0 Å². The molecule has 0 N–H and O–H groups in total. The van der Waals surface area contributed by atoms with E-state index in [0.29, 0.717) is 18.9 Å². The Bertz CT molecular complexity index is 1480. The Morgan fingerprint density at radius 3 is 2.42 bits per heavy atom. The highest BCUT2D eigenvalue weighted by Crippen LogP contribution is 2.61. The molecule has 1 heterocycles. The molecule has 4 aromatic rings. The van der Waals surface area contributed by atoms with E-state index in [-0.39, 0.29) is 17.0 Å². The van der Waals surface area contributed by atoms with Crippen LogP contribution in [0.3, 0.4) is 0 Å². The third kappa shape index (κ3) is 3.97. The quantitative estimate of drug-likeness (QED) is 0.236. The molecule has 6 rings (SSSR count). The van der Waals surface area contributed by atoms with Crippen molar-refractivity contribution in [2.75, 3.05) is 6.61 Å². The summed E-state index contributed by atoms with van der Waals surface area (Å²) in [6.45, 7) is 6.94. The van der Waals surface area contributed by atoms with Gasteiger partial charge in [0.2, 0.25) is 0 Å². The van der Waals surface area contributed by atoms with Crippen molar-refractivity contribution in [3.63, 3.8) is 0 Å². The Labute approximate surface area is 224 Å². The molecular weight excluding hydrogens is 473 g/mol. The standard InChI is InChI=1S/C34H36FNO2/c1-4-5-18-38-28-13-9-12-27-30(28)31-32(36(27)26-16-14-25(35)15-17-26)33(2,3)29(37)22-34(31)20-24(21-34)19-23-10-7-6-8-11-23/h6-17,24H,4-5,18-22H2,1-3H3. The lowest BCUT2D eigenvalue weighted by molar-refractivity contribution is -0.127. The number of Topliss-reactive ketones (excluding diaryl/α,β-unsaturated/α-hetero) is 1. The van der Waals surface area contributed by atoms with Gasteiger partial charge in [-0.05, 0) is 93.0 Å². The van der Waals surface area contributed by atoms with Crippen LogP contribution in [0.2, 0.25) is 0 Å². The third-order valence-corrected chi connectivity index (χ3v) is 8.84. The maximum absolute atomic E-state index is 14.0. The van der Waals surface area contributed by atoms with Gasteiger partial charge < -0.3 is 9.30 Å². The smallest absolute Gasteiger partial charge is 0.145 e. The maximum atomic E-state index is 14.0. The summed E-state index contributed by atoms with van der Waals surface area (Å²) < 4.78 is 22.6. The van der Waals surface area contributed by atoms with Crippen molar-refractivity contribution in [1.82, 2.24) is 4.57 Å². The first-order chi connectivity index (χ1) is 18.3. The van der Waals surface area contributed by atoms with Crippen LogP contribution in [0.4, 0.5) is 4.39 Å². The summed E-state index contributed by atoms with van der Waals surface area (Å²) in [6.07, 6.45) is 5.63. The first kappa shape index (κ1) is 24.9. The molecule has 1 spiro atoms. The lowest BCUT2D eigenvalue weighted by Gasteiger charge is -2.53. The second-order valence-electron chi connectivity index (χ2n) is 11.9.